The predicted molar refractivity (Wildman–Crippen MR) is 302 cm³/mol. The SMILES string of the molecule is Cc1ncsc1-c1ccc(CNC(=O)[C@@H]2C[C@@H](O)CN2C(=O)[C@@H](NC(=O)CCOCCOCCC(=O)CCCc2cccc(-c3ccc4nc(-c5cccnc5N)n(-c5ccc(C6(N)CCC6)cc5)c4n3)c2)C(C)(C)C)cc1. The van der Waals surface area contributed by atoms with Crippen LogP contribution in [0.3, 0.4) is 0 Å². The van der Waals surface area contributed by atoms with Crippen molar-refractivity contribution in [3.8, 4) is 38.8 Å². The molecule has 18 heteroatoms. The van der Waals surface area contributed by atoms with Gasteiger partial charge in [-0.05, 0) is 109 Å². The Morgan fingerprint density at radius 3 is 2.31 bits per heavy atom. The van der Waals surface area contributed by atoms with Gasteiger partial charge >= 0.3 is 0 Å². The van der Waals surface area contributed by atoms with Crippen LogP contribution in [0.15, 0.2) is 109 Å². The molecule has 3 atom stereocenters. The fourth-order valence-electron chi connectivity index (χ4n) is 10.1. The number of hydrogen-bond donors (Lipinski definition) is 5. The third-order valence-electron chi connectivity index (χ3n) is 14.8. The number of aliphatic hydroxyl groups is 1. The number of aryl methyl sites for hydroxylation is 2. The van der Waals surface area contributed by atoms with Gasteiger partial charge in [-0.3, -0.25) is 23.7 Å². The zero-order valence-corrected chi connectivity index (χ0v) is 45.7. The summed E-state index contributed by atoms with van der Waals surface area (Å²) in [6, 6.07) is 30.3. The molecule has 408 valence electrons. The molecule has 7 N–H and O–H groups in total. The Balaban J connectivity index is 0.691. The summed E-state index contributed by atoms with van der Waals surface area (Å²) in [6.45, 7) is 8.57. The molecule has 4 aromatic heterocycles. The first-order valence-electron chi connectivity index (χ1n) is 26.9. The van der Waals surface area contributed by atoms with Crippen LogP contribution in [0.5, 0.6) is 0 Å². The van der Waals surface area contributed by atoms with E-state index in [-0.39, 0.29) is 81.9 Å². The lowest BCUT2D eigenvalue weighted by molar-refractivity contribution is -0.144. The second-order valence-corrected chi connectivity index (χ2v) is 22.4. The van der Waals surface area contributed by atoms with Gasteiger partial charge in [-0.15, -0.1) is 11.3 Å². The lowest BCUT2D eigenvalue weighted by Crippen LogP contribution is -2.57. The molecule has 1 saturated heterocycles. The van der Waals surface area contributed by atoms with Crippen LogP contribution in [0.4, 0.5) is 5.82 Å². The van der Waals surface area contributed by atoms with E-state index in [9.17, 15) is 24.3 Å². The van der Waals surface area contributed by atoms with Crippen LogP contribution in [0.1, 0.15) is 94.5 Å². The number of benzene rings is 3. The minimum absolute atomic E-state index is 0.00145. The number of imidazole rings is 1. The lowest BCUT2D eigenvalue weighted by Gasteiger charge is -2.38. The average Bonchev–Trinajstić information content (AvgIpc) is 4.22. The molecule has 0 radical (unpaired) electrons. The van der Waals surface area contributed by atoms with Crippen molar-refractivity contribution in [1.29, 1.82) is 0 Å². The van der Waals surface area contributed by atoms with Gasteiger partial charge in [0.2, 0.25) is 17.7 Å². The summed E-state index contributed by atoms with van der Waals surface area (Å²) in [7, 11) is 0. The third kappa shape index (κ3) is 13.2. The number of nitrogens with one attached hydrogen (secondary N) is 2. The Kier molecular flexibility index (Phi) is 17.5. The quantitative estimate of drug-likeness (QED) is 0.0382. The van der Waals surface area contributed by atoms with Crippen LogP contribution in [0.25, 0.3) is 49.9 Å². The van der Waals surface area contributed by atoms with Crippen molar-refractivity contribution in [2.45, 2.75) is 116 Å². The van der Waals surface area contributed by atoms with Crippen LogP contribution in [-0.4, -0.2) is 109 Å². The molecular weight excluding hydrogens is 1000 g/mol. The number of β-amino-alcohol motifs (C(OH)–C–C–N with tert-alkyl or cyclic N) is 1. The largest absolute Gasteiger partial charge is 0.391 e. The first-order chi connectivity index (χ1) is 37.5. The smallest absolute Gasteiger partial charge is 0.246 e. The number of Topliss-reactive ketones (excluding diaryl/α,β-unsaturated/α-hetero) is 1. The van der Waals surface area contributed by atoms with Crippen molar-refractivity contribution in [2.24, 2.45) is 11.1 Å². The van der Waals surface area contributed by atoms with Crippen LogP contribution in [-0.2, 0) is 47.2 Å². The minimum Gasteiger partial charge on any atom is -0.391 e. The van der Waals surface area contributed by atoms with E-state index < -0.39 is 29.5 Å². The molecule has 3 amide bonds. The number of amides is 3. The number of ketones is 1. The highest BCUT2D eigenvalue weighted by Crippen LogP contribution is 2.40. The molecule has 78 heavy (non-hydrogen) atoms. The molecule has 17 nitrogen and oxygen atoms in total. The van der Waals surface area contributed by atoms with Crippen LogP contribution in [0.2, 0.25) is 0 Å². The van der Waals surface area contributed by atoms with Gasteiger partial charge in [-0.25, -0.2) is 19.9 Å². The summed E-state index contributed by atoms with van der Waals surface area (Å²) in [5.74, 6) is -0.0473. The summed E-state index contributed by atoms with van der Waals surface area (Å²) in [6.07, 6.45) is 6.07. The molecule has 2 fully saturated rings. The van der Waals surface area contributed by atoms with Crippen molar-refractivity contribution in [1.82, 2.24) is 40.0 Å². The number of carbonyl (C=O) groups is 4. The van der Waals surface area contributed by atoms with E-state index in [1.54, 1.807) is 17.5 Å². The highest BCUT2D eigenvalue weighted by molar-refractivity contribution is 7.13. The number of carbonyl (C=O) groups excluding carboxylic acids is 4. The summed E-state index contributed by atoms with van der Waals surface area (Å²) < 4.78 is 13.4. The number of aliphatic hydroxyl groups excluding tert-OH is 1. The van der Waals surface area contributed by atoms with Crippen molar-refractivity contribution < 1.29 is 33.8 Å². The van der Waals surface area contributed by atoms with Gasteiger partial charge in [0.15, 0.2) is 11.5 Å². The van der Waals surface area contributed by atoms with E-state index in [1.807, 2.05) is 98.4 Å². The fourth-order valence-corrected chi connectivity index (χ4v) is 10.9. The number of ether oxygens (including phenoxy) is 2. The zero-order chi connectivity index (χ0) is 55.0. The molecule has 3 aromatic carbocycles. The standard InChI is InChI=1S/C60H70N10O7S/c1-38-52(78-37-65-38)41-16-14-40(15-17-41)35-64-57(74)50-34-46(72)36-69(50)58(75)53(59(2,3)4)68-51(73)25-30-77-32-31-76-29-24-45(71)12-6-10-39-9-5-11-42(33-39)48-22-23-49-56(66-48)70(55(67-49)47-13-7-28-63-54(47)61)44-20-18-43(19-21-44)60(62)26-8-27-60/h5,7,9,11,13-23,28,33,37,46,50,53,72H,6,8,10,12,24-27,29-32,34-36,62H2,1-4H3,(H2,61,63)(H,64,74)(H,68,73)/t46-,50+,53-/m1/s1. The number of pyridine rings is 2. The normalized spacial score (nSPS) is 16.5. The Morgan fingerprint density at radius 1 is 0.859 bits per heavy atom. The maximum atomic E-state index is 14.0. The van der Waals surface area contributed by atoms with Crippen LogP contribution >= 0.6 is 11.3 Å². The number of likely N-dealkylation sites (tertiary alicyclic amines) is 1. The van der Waals surface area contributed by atoms with Crippen LogP contribution < -0.4 is 22.1 Å². The molecule has 2 aliphatic rings. The van der Waals surface area contributed by atoms with Crippen LogP contribution in [0, 0.1) is 12.3 Å². The van der Waals surface area contributed by atoms with E-state index >= 15 is 0 Å². The number of thiazole rings is 1. The average molecular weight is 1080 g/mol. The Bertz CT molecular complexity index is 3240. The molecule has 0 bridgehead atoms. The molecule has 1 aliphatic heterocycles. The van der Waals surface area contributed by atoms with Gasteiger partial charge in [0, 0.05) is 61.8 Å². The maximum absolute atomic E-state index is 14.0. The number of aromatic nitrogens is 5. The van der Waals surface area contributed by atoms with Crippen molar-refractivity contribution in [3.05, 3.63) is 131 Å². The van der Waals surface area contributed by atoms with Crippen molar-refractivity contribution in [2.75, 3.05) is 38.7 Å². The molecular formula is C60H70N10O7S. The summed E-state index contributed by atoms with van der Waals surface area (Å²) in [4.78, 5) is 74.8. The Labute approximate surface area is 459 Å². The molecule has 9 rings (SSSR count). The van der Waals surface area contributed by atoms with Gasteiger partial charge in [-0.1, -0.05) is 75.4 Å². The topological polar surface area (TPSA) is 243 Å². The van der Waals surface area contributed by atoms with Gasteiger partial charge in [0.05, 0.1) is 59.9 Å². The first kappa shape index (κ1) is 55.5. The second-order valence-electron chi connectivity index (χ2n) is 21.6. The van der Waals surface area contributed by atoms with Gasteiger partial charge in [-0.2, -0.15) is 0 Å². The molecule has 0 unspecified atom stereocenters. The third-order valence-corrected chi connectivity index (χ3v) is 15.7. The number of rotatable bonds is 23. The highest BCUT2D eigenvalue weighted by Gasteiger charge is 2.44. The van der Waals surface area contributed by atoms with Crippen molar-refractivity contribution >= 4 is 51.8 Å². The van der Waals surface area contributed by atoms with E-state index in [0.717, 1.165) is 81.0 Å². The summed E-state index contributed by atoms with van der Waals surface area (Å²) >= 11 is 1.57. The number of nitrogens with zero attached hydrogens (tertiary/aromatic N) is 6. The minimum atomic E-state index is -0.949. The van der Waals surface area contributed by atoms with E-state index in [0.29, 0.717) is 35.7 Å². The highest BCUT2D eigenvalue weighted by atomic mass is 32.1. The van der Waals surface area contributed by atoms with E-state index in [1.165, 1.54) is 4.90 Å². The first-order valence-corrected chi connectivity index (χ1v) is 27.7. The Morgan fingerprint density at radius 2 is 1.62 bits per heavy atom. The van der Waals surface area contributed by atoms with Gasteiger partial charge < -0.3 is 41.6 Å². The second kappa shape index (κ2) is 24.6. The Hall–Kier alpha value is -7.22. The van der Waals surface area contributed by atoms with E-state index in [2.05, 4.69) is 57.0 Å². The number of hydrogen-bond acceptors (Lipinski definition) is 14. The lowest BCUT2D eigenvalue weighted by atomic mass is 9.73. The monoisotopic (exact) mass is 1070 g/mol. The molecule has 0 spiro atoms. The van der Waals surface area contributed by atoms with E-state index in [4.69, 9.17) is 30.9 Å². The fraction of sp³-hybridized carbons (Fsp3) is 0.400. The van der Waals surface area contributed by atoms with Crippen molar-refractivity contribution in [3.63, 3.8) is 0 Å². The summed E-state index contributed by atoms with van der Waals surface area (Å²) in [5, 5.41) is 16.4. The predicted octanol–water partition coefficient (Wildman–Crippen LogP) is 8.02. The zero-order valence-electron chi connectivity index (χ0n) is 44.9. The molecule has 1 aliphatic carbocycles. The molecule has 5 heterocycles. The number of fused-ring (bicyclic) bond motifs is 1. The van der Waals surface area contributed by atoms with Gasteiger partial charge in [0.1, 0.15) is 29.2 Å². The number of nitrogens with two attached hydrogens (primary N) is 2. The number of nitrogen functional groups attached to an aromatic ring is 1. The number of anilines is 1. The summed E-state index contributed by atoms with van der Waals surface area (Å²) in [5.41, 5.74) is 23.8. The molecule has 7 aromatic rings. The molecule has 1 saturated carbocycles. The van der Waals surface area contributed by atoms with Gasteiger partial charge in [0.25, 0.3) is 0 Å². The maximum Gasteiger partial charge on any atom is 0.246 e.